The molecule has 6 atom stereocenters. The van der Waals surface area contributed by atoms with Crippen molar-refractivity contribution in [3.05, 3.63) is 121 Å². The first-order valence-corrected chi connectivity index (χ1v) is 22.2. The summed E-state index contributed by atoms with van der Waals surface area (Å²) < 4.78 is 26.4. The normalized spacial score (nSPS) is 20.4. The Labute approximate surface area is 358 Å². The summed E-state index contributed by atoms with van der Waals surface area (Å²) in [6, 6.07) is 40.0. The van der Waals surface area contributed by atoms with E-state index in [1.165, 1.54) is 20.2 Å². The van der Waals surface area contributed by atoms with Gasteiger partial charge in [-0.1, -0.05) is 87.5 Å². The maximum Gasteiger partial charge on any atom is 0.344 e. The van der Waals surface area contributed by atoms with Gasteiger partial charge in [0.05, 0.1) is 22.2 Å². The van der Waals surface area contributed by atoms with E-state index in [9.17, 15) is 19.2 Å². The molecule has 1 aliphatic heterocycles. The average molecular weight is 838 g/mol. The van der Waals surface area contributed by atoms with Crippen LogP contribution in [0.5, 0.6) is 5.75 Å². The molecule has 6 unspecified atom stereocenters. The molecule has 2 bridgehead atoms. The van der Waals surface area contributed by atoms with Crippen molar-refractivity contribution in [2.45, 2.75) is 119 Å². The number of fused-ring (bicyclic) bond motifs is 1. The summed E-state index contributed by atoms with van der Waals surface area (Å²) in [5.41, 5.74) is 0.203. The molecule has 10 heteroatoms. The number of hydrogen-bond donors (Lipinski definition) is 0. The SMILES string of the molecule is CCC(C)(C)C(=O)OCC(=O)OC1C2CC3C(=O)OC1C3C2.CCC(C)c1ccc(OCC(=O)OC(C)(C)C)cc1.c1ccc([S+](c2ccccc2)c2ccccc2)cc1. The first-order chi connectivity index (χ1) is 28.6. The minimum absolute atomic E-state index is 0.00636. The summed E-state index contributed by atoms with van der Waals surface area (Å²) in [4.78, 5) is 51.0. The van der Waals surface area contributed by atoms with Gasteiger partial charge in [-0.3, -0.25) is 9.59 Å². The average Bonchev–Trinajstić information content (AvgIpc) is 3.89. The zero-order valence-electron chi connectivity index (χ0n) is 36.3. The Kier molecular flexibility index (Phi) is 16.0. The number of carbonyl (C=O) groups excluding carboxylic acids is 4. The van der Waals surface area contributed by atoms with E-state index in [2.05, 4.69) is 105 Å². The molecule has 320 valence electrons. The van der Waals surface area contributed by atoms with Gasteiger partial charge in [-0.15, -0.1) is 0 Å². The highest BCUT2D eigenvalue weighted by molar-refractivity contribution is 7.97. The van der Waals surface area contributed by atoms with Crippen LogP contribution >= 0.6 is 0 Å². The molecule has 4 aromatic rings. The van der Waals surface area contributed by atoms with Crippen LogP contribution in [0.3, 0.4) is 0 Å². The fourth-order valence-electron chi connectivity index (χ4n) is 7.43. The third-order valence-corrected chi connectivity index (χ3v) is 13.4. The van der Waals surface area contributed by atoms with E-state index in [1.54, 1.807) is 13.8 Å². The molecule has 0 radical (unpaired) electrons. The van der Waals surface area contributed by atoms with Crippen molar-refractivity contribution in [2.75, 3.05) is 13.2 Å². The summed E-state index contributed by atoms with van der Waals surface area (Å²) in [6.45, 7) is 14.9. The summed E-state index contributed by atoms with van der Waals surface area (Å²) >= 11 is 0. The van der Waals surface area contributed by atoms with Crippen LogP contribution in [0.15, 0.2) is 130 Å². The summed E-state index contributed by atoms with van der Waals surface area (Å²) in [7, 11) is -0.0146. The molecule has 4 aromatic carbocycles. The zero-order chi connectivity index (χ0) is 43.5. The van der Waals surface area contributed by atoms with Gasteiger partial charge in [0.25, 0.3) is 0 Å². The maximum atomic E-state index is 11.9. The molecule has 1 heterocycles. The van der Waals surface area contributed by atoms with Gasteiger partial charge in [0.1, 0.15) is 23.6 Å². The van der Waals surface area contributed by atoms with E-state index in [-0.39, 0.29) is 66.0 Å². The zero-order valence-corrected chi connectivity index (χ0v) is 37.1. The van der Waals surface area contributed by atoms with Crippen molar-refractivity contribution < 1.29 is 42.9 Å². The highest BCUT2D eigenvalue weighted by Crippen LogP contribution is 2.55. The van der Waals surface area contributed by atoms with Crippen LogP contribution in [0.1, 0.15) is 92.6 Å². The van der Waals surface area contributed by atoms with Crippen LogP contribution in [-0.4, -0.2) is 54.9 Å². The predicted octanol–water partition coefficient (Wildman–Crippen LogP) is 10.2. The minimum Gasteiger partial charge on any atom is -0.482 e. The van der Waals surface area contributed by atoms with Crippen molar-refractivity contribution in [2.24, 2.45) is 23.2 Å². The van der Waals surface area contributed by atoms with E-state index in [1.807, 2.05) is 52.0 Å². The van der Waals surface area contributed by atoms with Gasteiger partial charge in [-0.25, -0.2) is 9.59 Å². The van der Waals surface area contributed by atoms with E-state index in [0.29, 0.717) is 18.1 Å². The molecule has 3 fully saturated rings. The van der Waals surface area contributed by atoms with E-state index in [4.69, 9.17) is 23.7 Å². The monoisotopic (exact) mass is 837 g/mol. The number of ether oxygens (including phenoxy) is 5. The lowest BCUT2D eigenvalue weighted by Crippen LogP contribution is -2.37. The highest BCUT2D eigenvalue weighted by Gasteiger charge is 2.63. The molecule has 0 N–H and O–H groups in total. The number of benzene rings is 4. The largest absolute Gasteiger partial charge is 0.482 e. The molecule has 7 rings (SSSR count). The van der Waals surface area contributed by atoms with Crippen LogP contribution < -0.4 is 4.74 Å². The lowest BCUT2D eigenvalue weighted by Gasteiger charge is -2.25. The third kappa shape index (κ3) is 12.5. The molecular formula is C50H61O9S+. The third-order valence-electron chi connectivity index (χ3n) is 11.2. The quantitative estimate of drug-likeness (QED) is 0.0738. The molecule has 2 aliphatic carbocycles. The van der Waals surface area contributed by atoms with Crippen LogP contribution in [0.4, 0.5) is 0 Å². The lowest BCUT2D eigenvalue weighted by molar-refractivity contribution is -0.172. The van der Waals surface area contributed by atoms with Crippen molar-refractivity contribution >= 4 is 34.8 Å². The standard InChI is InChI=1S/C18H15S.C16H22O6.C16H24O3/c1-4-10-16(11-5-1)19(17-12-6-2-7-13-17)18-14-8-3-9-15-18;1-4-16(2,3)15(19)20-7-11(17)21-12-8-5-9-10(6-8)14(18)22-13(9)12;1-6-12(2)13-7-9-14(10-8-13)18-11-15(17)19-16(3,4)5/h1-15H;8-10,12-13H,4-7H2,1-3H3;7-10,12H,6,11H2,1-5H3/q+1;;. The second-order valence-electron chi connectivity index (χ2n) is 17.2. The Morgan fingerprint density at radius 2 is 1.27 bits per heavy atom. The van der Waals surface area contributed by atoms with Gasteiger partial charge in [-0.05, 0) is 120 Å². The molecular weight excluding hydrogens is 777 g/mol. The summed E-state index contributed by atoms with van der Waals surface area (Å²) in [5, 5.41) is 0. The fourth-order valence-corrected chi connectivity index (χ4v) is 9.54. The van der Waals surface area contributed by atoms with E-state index >= 15 is 0 Å². The molecule has 0 aromatic heterocycles. The topological polar surface area (TPSA) is 114 Å². The van der Waals surface area contributed by atoms with Crippen LogP contribution in [0.25, 0.3) is 0 Å². The Bertz CT molecular complexity index is 1900. The van der Waals surface area contributed by atoms with Gasteiger partial charge in [0.15, 0.2) is 27.9 Å². The van der Waals surface area contributed by atoms with Gasteiger partial charge < -0.3 is 23.7 Å². The second-order valence-corrected chi connectivity index (χ2v) is 19.2. The molecule has 60 heavy (non-hydrogen) atoms. The Morgan fingerprint density at radius 3 is 1.75 bits per heavy atom. The van der Waals surface area contributed by atoms with Gasteiger partial charge >= 0.3 is 23.9 Å². The van der Waals surface area contributed by atoms with E-state index < -0.39 is 23.0 Å². The number of rotatable bonds is 13. The minimum atomic E-state index is -0.610. The van der Waals surface area contributed by atoms with Crippen molar-refractivity contribution in [1.82, 2.24) is 0 Å². The van der Waals surface area contributed by atoms with E-state index in [0.717, 1.165) is 19.3 Å². The first-order valence-electron chi connectivity index (χ1n) is 21.0. The second kappa shape index (κ2) is 20.9. The predicted molar refractivity (Wildman–Crippen MR) is 232 cm³/mol. The van der Waals surface area contributed by atoms with Crippen molar-refractivity contribution in [3.63, 3.8) is 0 Å². The molecule has 1 saturated heterocycles. The Morgan fingerprint density at radius 1 is 0.733 bits per heavy atom. The van der Waals surface area contributed by atoms with Crippen LogP contribution in [-0.2, 0) is 49.0 Å². The lowest BCUT2D eigenvalue weighted by atomic mass is 9.88. The molecule has 0 amide bonds. The maximum absolute atomic E-state index is 11.9. The van der Waals surface area contributed by atoms with Gasteiger partial charge in [0.2, 0.25) is 0 Å². The van der Waals surface area contributed by atoms with Gasteiger partial charge in [-0.2, -0.15) is 0 Å². The Balaban J connectivity index is 0.000000171. The van der Waals surface area contributed by atoms with Crippen molar-refractivity contribution in [3.8, 4) is 5.75 Å². The number of esters is 4. The number of hydrogen-bond acceptors (Lipinski definition) is 9. The van der Waals surface area contributed by atoms with Gasteiger partial charge in [0, 0.05) is 11.8 Å². The Hall–Kier alpha value is -5.09. The molecule has 2 saturated carbocycles. The highest BCUT2D eigenvalue weighted by atomic mass is 32.2. The smallest absolute Gasteiger partial charge is 0.344 e. The fraction of sp³-hybridized carbons (Fsp3) is 0.440. The summed E-state index contributed by atoms with van der Waals surface area (Å²) in [5.74, 6) is 0.122. The van der Waals surface area contributed by atoms with Crippen molar-refractivity contribution in [1.29, 1.82) is 0 Å². The van der Waals surface area contributed by atoms with Crippen LogP contribution in [0, 0.1) is 23.2 Å². The summed E-state index contributed by atoms with van der Waals surface area (Å²) in [6.07, 6.45) is 2.67. The molecule has 3 aliphatic rings. The molecule has 9 nitrogen and oxygen atoms in total. The number of carbonyl (C=O) groups is 4. The van der Waals surface area contributed by atoms with Crippen LogP contribution in [0.2, 0.25) is 0 Å². The molecule has 0 spiro atoms. The first kappa shape index (κ1) is 46.0.